The van der Waals surface area contributed by atoms with E-state index in [2.05, 4.69) is 16.8 Å². The average Bonchev–Trinajstić information content (AvgIpc) is 3.29. The molecule has 1 saturated heterocycles. The lowest BCUT2D eigenvalue weighted by molar-refractivity contribution is -0.386. The Hall–Kier alpha value is -4.09. The van der Waals surface area contributed by atoms with Crippen LogP contribution < -0.4 is 5.56 Å². The predicted octanol–water partition coefficient (Wildman–Crippen LogP) is 2.21. The molecule has 0 bridgehead atoms. The molecule has 3 aliphatic heterocycles. The second-order valence-electron chi connectivity index (χ2n) is 10.0. The second kappa shape index (κ2) is 8.74. The molecule has 11 heteroatoms. The highest BCUT2D eigenvalue weighted by atomic mass is 16.6. The number of cyclic esters (lactones) is 1. The molecule has 1 fully saturated rings. The van der Waals surface area contributed by atoms with E-state index in [0.717, 1.165) is 37.1 Å². The van der Waals surface area contributed by atoms with Crippen molar-refractivity contribution >= 4 is 28.6 Å². The summed E-state index contributed by atoms with van der Waals surface area (Å²) in [6.45, 7) is 4.80. The summed E-state index contributed by atoms with van der Waals surface area (Å²) in [5, 5.41) is 24.7. The molecule has 0 amide bonds. The normalized spacial score (nSPS) is 20.9. The van der Waals surface area contributed by atoms with Crippen LogP contribution in [0, 0.1) is 10.1 Å². The zero-order valence-corrected chi connectivity index (χ0v) is 21.1. The van der Waals surface area contributed by atoms with Crippen molar-refractivity contribution in [2.45, 2.75) is 32.1 Å². The van der Waals surface area contributed by atoms with Crippen LogP contribution in [0.1, 0.15) is 35.6 Å². The van der Waals surface area contributed by atoms with E-state index in [9.17, 15) is 24.8 Å². The van der Waals surface area contributed by atoms with Crippen LogP contribution in [0.4, 0.5) is 5.69 Å². The maximum Gasteiger partial charge on any atom is 0.343 e. The van der Waals surface area contributed by atoms with Crippen LogP contribution in [0.15, 0.2) is 35.3 Å². The molecule has 6 rings (SSSR count). The fourth-order valence-corrected chi connectivity index (χ4v) is 5.72. The predicted molar refractivity (Wildman–Crippen MR) is 139 cm³/mol. The number of aromatic nitrogens is 2. The number of carbonyl (C=O) groups is 1. The van der Waals surface area contributed by atoms with Crippen LogP contribution >= 0.6 is 0 Å². The van der Waals surface area contributed by atoms with E-state index in [1.54, 1.807) is 0 Å². The van der Waals surface area contributed by atoms with Gasteiger partial charge in [-0.2, -0.15) is 0 Å². The van der Waals surface area contributed by atoms with Crippen molar-refractivity contribution in [1.82, 2.24) is 19.4 Å². The number of pyridine rings is 2. The van der Waals surface area contributed by atoms with E-state index < -0.39 is 34.3 Å². The molecular formula is C27H27N5O6. The van der Waals surface area contributed by atoms with Gasteiger partial charge < -0.3 is 19.6 Å². The van der Waals surface area contributed by atoms with Gasteiger partial charge in [-0.15, -0.1) is 0 Å². The molecule has 0 spiro atoms. The van der Waals surface area contributed by atoms with Crippen molar-refractivity contribution in [1.29, 1.82) is 0 Å². The number of nitro groups is 1. The molecule has 196 valence electrons. The minimum absolute atomic E-state index is 0.00956. The van der Waals surface area contributed by atoms with Crippen molar-refractivity contribution in [2.24, 2.45) is 0 Å². The second-order valence-corrected chi connectivity index (χ2v) is 10.0. The van der Waals surface area contributed by atoms with Gasteiger partial charge in [-0.3, -0.25) is 19.5 Å². The molecule has 1 N–H and O–H groups in total. The number of nitrogens with zero attached hydrogens (tertiary/aromatic N) is 5. The van der Waals surface area contributed by atoms with E-state index in [0.29, 0.717) is 16.8 Å². The van der Waals surface area contributed by atoms with Crippen LogP contribution in [0.25, 0.3) is 28.4 Å². The van der Waals surface area contributed by atoms with Crippen molar-refractivity contribution in [2.75, 3.05) is 33.2 Å². The maximum atomic E-state index is 13.7. The molecule has 2 aromatic heterocycles. The topological polar surface area (TPSA) is 131 Å². The third kappa shape index (κ3) is 3.46. The number of benzene rings is 1. The highest BCUT2D eigenvalue weighted by Crippen LogP contribution is 2.47. The third-order valence-corrected chi connectivity index (χ3v) is 7.90. The van der Waals surface area contributed by atoms with Crippen LogP contribution in [-0.4, -0.2) is 68.6 Å². The van der Waals surface area contributed by atoms with Crippen molar-refractivity contribution in [3.63, 3.8) is 0 Å². The van der Waals surface area contributed by atoms with E-state index in [1.807, 2.05) is 36.5 Å². The Morgan fingerprint density at radius 3 is 2.63 bits per heavy atom. The first kappa shape index (κ1) is 24.3. The fourth-order valence-electron chi connectivity index (χ4n) is 5.72. The first-order valence-electron chi connectivity index (χ1n) is 12.6. The molecule has 5 heterocycles. The average molecular weight is 518 g/mol. The molecule has 3 aromatic rings. The highest BCUT2D eigenvalue weighted by molar-refractivity contribution is 5.95. The Morgan fingerprint density at radius 1 is 1.18 bits per heavy atom. The van der Waals surface area contributed by atoms with Gasteiger partial charge in [-0.1, -0.05) is 25.1 Å². The summed E-state index contributed by atoms with van der Waals surface area (Å²) < 4.78 is 6.43. The number of rotatable bonds is 4. The summed E-state index contributed by atoms with van der Waals surface area (Å²) in [4.78, 5) is 47.4. The zero-order chi connectivity index (χ0) is 26.8. The number of carbonyl (C=O) groups excluding carboxylic acids is 1. The van der Waals surface area contributed by atoms with Crippen molar-refractivity contribution in [3.05, 3.63) is 73.2 Å². The van der Waals surface area contributed by atoms with Crippen LogP contribution in [0.2, 0.25) is 0 Å². The Labute approximate surface area is 217 Å². The number of hydrogen-bond donors (Lipinski definition) is 1. The number of fused-ring (bicyclic) bond motifs is 5. The molecular weight excluding hydrogens is 490 g/mol. The minimum Gasteiger partial charge on any atom is -0.458 e. The van der Waals surface area contributed by atoms with Gasteiger partial charge in [0, 0.05) is 37.1 Å². The number of ether oxygens (including phenoxy) is 1. The number of likely N-dealkylation sites (N-methyl/N-ethyl adjacent to an activating group) is 1. The van der Waals surface area contributed by atoms with Gasteiger partial charge in [0.15, 0.2) is 5.60 Å². The summed E-state index contributed by atoms with van der Waals surface area (Å²) in [7, 11) is 2.09. The Kier molecular flexibility index (Phi) is 5.58. The Morgan fingerprint density at radius 2 is 1.92 bits per heavy atom. The van der Waals surface area contributed by atoms with Crippen molar-refractivity contribution < 1.29 is 19.6 Å². The molecule has 3 aliphatic rings. The van der Waals surface area contributed by atoms with Gasteiger partial charge in [0.2, 0.25) is 0 Å². The summed E-state index contributed by atoms with van der Waals surface area (Å²) in [5.74, 6) is -1.000. The van der Waals surface area contributed by atoms with E-state index in [1.165, 1.54) is 11.5 Å². The highest BCUT2D eigenvalue weighted by Gasteiger charge is 2.52. The fraction of sp³-hybridized carbons (Fsp3) is 0.370. The molecule has 0 radical (unpaired) electrons. The SMILES string of the molecule is CC[C@@]1(O)C(=O)OCc2c1c([N+](=O)[O-])c1n(c2=O)Cc2c-1nc1ccccc1c2C=CN1CCN(C)CC1. The summed E-state index contributed by atoms with van der Waals surface area (Å²) in [5.41, 5.74) is -1.20. The quantitative estimate of drug-likeness (QED) is 0.246. The molecule has 0 aliphatic carbocycles. The summed E-state index contributed by atoms with van der Waals surface area (Å²) in [6, 6.07) is 7.52. The molecule has 1 aromatic carbocycles. The van der Waals surface area contributed by atoms with Gasteiger partial charge in [0.25, 0.3) is 5.56 Å². The summed E-state index contributed by atoms with van der Waals surface area (Å²) >= 11 is 0. The monoisotopic (exact) mass is 517 g/mol. The Bertz CT molecular complexity index is 1600. The van der Waals surface area contributed by atoms with Crippen molar-refractivity contribution in [3.8, 4) is 11.4 Å². The first-order valence-corrected chi connectivity index (χ1v) is 12.6. The van der Waals surface area contributed by atoms with Gasteiger partial charge in [-0.25, -0.2) is 9.78 Å². The number of hydrogen-bond acceptors (Lipinski definition) is 9. The lowest BCUT2D eigenvalue weighted by Crippen LogP contribution is -2.45. The molecule has 11 nitrogen and oxygen atoms in total. The zero-order valence-electron chi connectivity index (χ0n) is 21.1. The van der Waals surface area contributed by atoms with E-state index in [-0.39, 0.29) is 29.8 Å². The molecule has 0 unspecified atom stereocenters. The summed E-state index contributed by atoms with van der Waals surface area (Å²) in [6.07, 6.45) is 3.84. The van der Waals surface area contributed by atoms with E-state index in [4.69, 9.17) is 9.72 Å². The lowest BCUT2D eigenvalue weighted by Gasteiger charge is -2.31. The van der Waals surface area contributed by atoms with Gasteiger partial charge >= 0.3 is 11.7 Å². The first-order chi connectivity index (χ1) is 18.2. The van der Waals surface area contributed by atoms with Gasteiger partial charge in [-0.05, 0) is 37.4 Å². The molecule has 38 heavy (non-hydrogen) atoms. The number of piperazine rings is 1. The minimum atomic E-state index is -2.30. The maximum absolute atomic E-state index is 13.7. The standard InChI is InChI=1S/C27H27N5O6/c1-3-27(35)21-19(15-38-26(27)34)25(33)31-14-18-16(8-9-30-12-10-29(2)11-13-30)17-6-4-5-7-20(17)28-22(18)24(31)23(21)32(36)37/h4-9,35H,3,10-15H2,1-2H3/t27-/m0/s1. The number of para-hydroxylation sites is 1. The molecule has 0 saturated carbocycles. The Balaban J connectivity index is 1.62. The number of esters is 1. The van der Waals surface area contributed by atoms with Gasteiger partial charge in [0.1, 0.15) is 18.0 Å². The number of aliphatic hydroxyl groups is 1. The lowest BCUT2D eigenvalue weighted by atomic mass is 9.84. The van der Waals surface area contributed by atoms with Crippen LogP contribution in [-0.2, 0) is 28.3 Å². The van der Waals surface area contributed by atoms with E-state index >= 15 is 0 Å². The smallest absolute Gasteiger partial charge is 0.343 e. The largest absolute Gasteiger partial charge is 0.458 e. The molecule has 1 atom stereocenters. The van der Waals surface area contributed by atoms with Gasteiger partial charge in [0.05, 0.1) is 28.1 Å². The van der Waals surface area contributed by atoms with Crippen LogP contribution in [0.3, 0.4) is 0 Å². The third-order valence-electron chi connectivity index (χ3n) is 7.90. The van der Waals surface area contributed by atoms with Crippen LogP contribution in [0.5, 0.6) is 0 Å².